The van der Waals surface area contributed by atoms with Gasteiger partial charge < -0.3 is 9.88 Å². The van der Waals surface area contributed by atoms with Crippen molar-refractivity contribution >= 4 is 15.9 Å². The maximum atomic E-state index is 14.6. The lowest BCUT2D eigenvalue weighted by Crippen LogP contribution is -2.31. The van der Waals surface area contributed by atoms with E-state index in [-0.39, 0.29) is 17.0 Å². The molecule has 32 heavy (non-hydrogen) atoms. The molecule has 1 aromatic heterocycles. The van der Waals surface area contributed by atoms with E-state index in [4.69, 9.17) is 0 Å². The second-order valence-electron chi connectivity index (χ2n) is 7.38. The number of nitrogens with one attached hydrogen (secondary N) is 1. The van der Waals surface area contributed by atoms with E-state index in [1.807, 2.05) is 0 Å². The SMILES string of the molecule is CCN(CC)S(=O)(=O)c1ccc(C)c(C(=O)NCc2ccc(-n3ccnc3C)c(F)c2)c1. The molecule has 1 N–H and O–H groups in total. The zero-order valence-corrected chi connectivity index (χ0v) is 19.4. The molecule has 0 fully saturated rings. The molecule has 3 rings (SSSR count). The smallest absolute Gasteiger partial charge is 0.251 e. The van der Waals surface area contributed by atoms with Gasteiger partial charge in [-0.1, -0.05) is 26.0 Å². The van der Waals surface area contributed by atoms with Crippen LogP contribution in [0.15, 0.2) is 53.7 Å². The summed E-state index contributed by atoms with van der Waals surface area (Å²) in [6.07, 6.45) is 3.27. The number of benzene rings is 2. The number of nitrogens with zero attached hydrogens (tertiary/aromatic N) is 3. The molecule has 170 valence electrons. The van der Waals surface area contributed by atoms with Crippen molar-refractivity contribution in [2.75, 3.05) is 13.1 Å². The monoisotopic (exact) mass is 458 g/mol. The van der Waals surface area contributed by atoms with E-state index in [0.717, 1.165) is 0 Å². The summed E-state index contributed by atoms with van der Waals surface area (Å²) in [4.78, 5) is 17.0. The van der Waals surface area contributed by atoms with Crippen molar-refractivity contribution in [1.82, 2.24) is 19.2 Å². The zero-order valence-electron chi connectivity index (χ0n) is 18.6. The molecule has 0 radical (unpaired) electrons. The first kappa shape index (κ1) is 23.6. The predicted octanol–water partition coefficient (Wildman–Crippen LogP) is 3.59. The van der Waals surface area contributed by atoms with Gasteiger partial charge in [-0.15, -0.1) is 0 Å². The van der Waals surface area contributed by atoms with Crippen molar-refractivity contribution in [3.63, 3.8) is 0 Å². The highest BCUT2D eigenvalue weighted by Gasteiger charge is 2.23. The molecule has 2 aromatic carbocycles. The van der Waals surface area contributed by atoms with Crippen LogP contribution < -0.4 is 5.32 Å². The molecule has 0 saturated carbocycles. The summed E-state index contributed by atoms with van der Waals surface area (Å²) in [6, 6.07) is 9.24. The maximum Gasteiger partial charge on any atom is 0.251 e. The van der Waals surface area contributed by atoms with Crippen molar-refractivity contribution in [2.24, 2.45) is 0 Å². The Kier molecular flexibility index (Phi) is 7.10. The molecule has 7 nitrogen and oxygen atoms in total. The lowest BCUT2D eigenvalue weighted by atomic mass is 10.1. The molecule has 0 unspecified atom stereocenters. The Morgan fingerprint density at radius 2 is 1.84 bits per heavy atom. The molecular formula is C23H27FN4O3S. The van der Waals surface area contributed by atoms with Gasteiger partial charge in [0.2, 0.25) is 10.0 Å². The summed E-state index contributed by atoms with van der Waals surface area (Å²) >= 11 is 0. The molecule has 0 aliphatic heterocycles. The van der Waals surface area contributed by atoms with Crippen LogP contribution in [0.1, 0.15) is 41.2 Å². The van der Waals surface area contributed by atoms with Gasteiger partial charge in [0.1, 0.15) is 11.6 Å². The molecule has 0 saturated heterocycles. The number of amides is 1. The first-order valence-corrected chi connectivity index (χ1v) is 11.8. The molecule has 0 spiro atoms. The van der Waals surface area contributed by atoms with E-state index in [1.165, 1.54) is 22.5 Å². The topological polar surface area (TPSA) is 84.3 Å². The molecule has 0 atom stereocenters. The summed E-state index contributed by atoms with van der Waals surface area (Å²) in [5.74, 6) is -0.185. The third-order valence-electron chi connectivity index (χ3n) is 5.35. The number of hydrogen-bond donors (Lipinski definition) is 1. The molecule has 0 aliphatic rings. The van der Waals surface area contributed by atoms with Gasteiger partial charge in [-0.25, -0.2) is 17.8 Å². The van der Waals surface area contributed by atoms with Crippen molar-refractivity contribution in [3.8, 4) is 5.69 Å². The molecule has 0 bridgehead atoms. The minimum atomic E-state index is -3.68. The van der Waals surface area contributed by atoms with Crippen molar-refractivity contribution in [1.29, 1.82) is 0 Å². The third kappa shape index (κ3) is 4.73. The lowest BCUT2D eigenvalue weighted by Gasteiger charge is -2.19. The highest BCUT2D eigenvalue weighted by molar-refractivity contribution is 7.89. The summed E-state index contributed by atoms with van der Waals surface area (Å²) < 4.78 is 43.2. The summed E-state index contributed by atoms with van der Waals surface area (Å²) in [6.45, 7) is 7.84. The average molecular weight is 459 g/mol. The molecule has 1 heterocycles. The summed E-state index contributed by atoms with van der Waals surface area (Å²) in [7, 11) is -3.68. The number of halogens is 1. The summed E-state index contributed by atoms with van der Waals surface area (Å²) in [5.41, 5.74) is 1.88. The Morgan fingerprint density at radius 1 is 1.12 bits per heavy atom. The largest absolute Gasteiger partial charge is 0.348 e. The van der Waals surface area contributed by atoms with Gasteiger partial charge in [0, 0.05) is 37.6 Å². The van der Waals surface area contributed by atoms with E-state index in [0.29, 0.717) is 35.7 Å². The normalized spacial score (nSPS) is 11.7. The van der Waals surface area contributed by atoms with Crippen LogP contribution in [0.25, 0.3) is 5.69 Å². The maximum absolute atomic E-state index is 14.6. The van der Waals surface area contributed by atoms with Crippen LogP contribution in [0.2, 0.25) is 0 Å². The molecular weight excluding hydrogens is 431 g/mol. The number of aromatic nitrogens is 2. The van der Waals surface area contributed by atoms with E-state index < -0.39 is 21.7 Å². The molecule has 1 amide bonds. The Balaban J connectivity index is 1.78. The van der Waals surface area contributed by atoms with Gasteiger partial charge in [-0.3, -0.25) is 4.79 Å². The van der Waals surface area contributed by atoms with Crippen molar-refractivity contribution in [3.05, 3.63) is 77.1 Å². The van der Waals surface area contributed by atoms with E-state index in [9.17, 15) is 17.6 Å². The van der Waals surface area contributed by atoms with E-state index in [2.05, 4.69) is 10.3 Å². The standard InChI is InChI=1S/C23H27FN4O3S/c1-5-27(6-2)32(30,31)19-9-7-16(3)20(14-19)23(29)26-15-18-8-10-22(21(24)13-18)28-12-11-25-17(28)4/h7-14H,5-6,15H2,1-4H3,(H,26,29). The third-order valence-corrected chi connectivity index (χ3v) is 7.39. The van der Waals surface area contributed by atoms with Gasteiger partial charge in [0.25, 0.3) is 5.91 Å². The highest BCUT2D eigenvalue weighted by atomic mass is 32.2. The van der Waals surface area contributed by atoms with Gasteiger partial charge in [0.05, 0.1) is 10.6 Å². The van der Waals surface area contributed by atoms with Crippen LogP contribution in [-0.2, 0) is 16.6 Å². The first-order chi connectivity index (χ1) is 15.2. The second kappa shape index (κ2) is 9.62. The number of rotatable bonds is 8. The average Bonchev–Trinajstić information content (AvgIpc) is 3.18. The van der Waals surface area contributed by atoms with Gasteiger partial charge in [-0.05, 0) is 49.2 Å². The number of aryl methyl sites for hydroxylation is 2. The molecule has 9 heteroatoms. The summed E-state index contributed by atoms with van der Waals surface area (Å²) in [5, 5.41) is 2.75. The highest BCUT2D eigenvalue weighted by Crippen LogP contribution is 2.20. The van der Waals surface area contributed by atoms with Crippen LogP contribution in [-0.4, -0.2) is 41.3 Å². The van der Waals surface area contributed by atoms with Gasteiger partial charge >= 0.3 is 0 Å². The van der Waals surface area contributed by atoms with Crippen LogP contribution >= 0.6 is 0 Å². The number of imidazole rings is 1. The number of hydrogen-bond acceptors (Lipinski definition) is 4. The number of carbonyl (C=O) groups excluding carboxylic acids is 1. The lowest BCUT2D eigenvalue weighted by molar-refractivity contribution is 0.0950. The number of sulfonamides is 1. The first-order valence-electron chi connectivity index (χ1n) is 10.4. The number of carbonyl (C=O) groups is 1. The van der Waals surface area contributed by atoms with Crippen LogP contribution in [0.4, 0.5) is 4.39 Å². The van der Waals surface area contributed by atoms with Crippen molar-refractivity contribution < 1.29 is 17.6 Å². The quantitative estimate of drug-likeness (QED) is 0.559. The van der Waals surface area contributed by atoms with Crippen LogP contribution in [0.5, 0.6) is 0 Å². The minimum Gasteiger partial charge on any atom is -0.348 e. The van der Waals surface area contributed by atoms with Gasteiger partial charge in [-0.2, -0.15) is 4.31 Å². The Morgan fingerprint density at radius 3 is 2.44 bits per heavy atom. The van der Waals surface area contributed by atoms with Gasteiger partial charge in [0.15, 0.2) is 0 Å². The minimum absolute atomic E-state index is 0.0723. The fourth-order valence-electron chi connectivity index (χ4n) is 3.48. The molecule has 3 aromatic rings. The van der Waals surface area contributed by atoms with Crippen LogP contribution in [0.3, 0.4) is 0 Å². The van der Waals surface area contributed by atoms with E-state index >= 15 is 0 Å². The Hall–Kier alpha value is -3.04. The fourth-order valence-corrected chi connectivity index (χ4v) is 4.97. The fraction of sp³-hybridized carbons (Fsp3) is 0.304. The molecule has 0 aliphatic carbocycles. The van der Waals surface area contributed by atoms with E-state index in [1.54, 1.807) is 62.9 Å². The van der Waals surface area contributed by atoms with Crippen LogP contribution in [0, 0.1) is 19.7 Å². The Labute approximate surface area is 188 Å². The Bertz CT molecular complexity index is 1230. The predicted molar refractivity (Wildman–Crippen MR) is 121 cm³/mol. The second-order valence-corrected chi connectivity index (χ2v) is 9.32. The van der Waals surface area contributed by atoms with Crippen molar-refractivity contribution in [2.45, 2.75) is 39.1 Å². The zero-order chi connectivity index (χ0) is 23.5.